The Kier molecular flexibility index (Phi) is 5.86. The van der Waals surface area contributed by atoms with Crippen molar-refractivity contribution in [2.75, 3.05) is 18.4 Å². The second-order valence-electron chi connectivity index (χ2n) is 7.23. The first-order valence-electron chi connectivity index (χ1n) is 9.84. The van der Waals surface area contributed by atoms with Gasteiger partial charge in [0.25, 0.3) is 0 Å². The minimum absolute atomic E-state index is 0.157. The van der Waals surface area contributed by atoms with E-state index in [1.165, 1.54) is 33.8 Å². The van der Waals surface area contributed by atoms with Gasteiger partial charge in [-0.3, -0.25) is 4.79 Å². The van der Waals surface area contributed by atoms with E-state index < -0.39 is 15.8 Å². The molecule has 30 heavy (non-hydrogen) atoms. The number of carbonyl (C=O) groups is 1. The number of benzene rings is 2. The third-order valence-corrected chi connectivity index (χ3v) is 8.26. The number of amides is 1. The first kappa shape index (κ1) is 20.9. The summed E-state index contributed by atoms with van der Waals surface area (Å²) in [7, 11) is -3.91. The molecule has 6 nitrogen and oxygen atoms in total. The van der Waals surface area contributed by atoms with Crippen LogP contribution in [0.3, 0.4) is 0 Å². The molecule has 2 aromatic carbocycles. The highest BCUT2D eigenvalue weighted by atomic mass is 32.2. The molecule has 4 rings (SSSR count). The molecule has 9 heteroatoms. The molecule has 1 N–H and O–H groups in total. The maximum absolute atomic E-state index is 14.0. The van der Waals surface area contributed by atoms with E-state index in [9.17, 15) is 17.6 Å². The van der Waals surface area contributed by atoms with E-state index in [2.05, 4.69) is 17.2 Å². The van der Waals surface area contributed by atoms with Crippen molar-refractivity contribution in [3.8, 4) is 0 Å². The fraction of sp³-hybridized carbons (Fsp3) is 0.333. The lowest BCUT2D eigenvalue weighted by molar-refractivity contribution is -0.120. The third kappa shape index (κ3) is 3.97. The molecule has 0 saturated carbocycles. The Labute approximate surface area is 178 Å². The molecule has 1 saturated heterocycles. The Hall–Kier alpha value is -2.36. The lowest BCUT2D eigenvalue weighted by Crippen LogP contribution is -2.41. The Morgan fingerprint density at radius 2 is 1.93 bits per heavy atom. The number of carbonyl (C=O) groups excluding carboxylic acids is 1. The number of sulfonamides is 1. The topological polar surface area (TPSA) is 79.4 Å². The lowest BCUT2D eigenvalue weighted by atomic mass is 9.97. The number of thiazole rings is 1. The molecule has 158 valence electrons. The van der Waals surface area contributed by atoms with Crippen molar-refractivity contribution in [3.05, 3.63) is 53.8 Å². The Bertz CT molecular complexity index is 1190. The van der Waals surface area contributed by atoms with Crippen molar-refractivity contribution in [2.24, 2.45) is 5.92 Å². The molecular weight excluding hydrogens is 425 g/mol. The Balaban J connectivity index is 1.42. The van der Waals surface area contributed by atoms with Gasteiger partial charge in [-0.15, -0.1) is 0 Å². The van der Waals surface area contributed by atoms with Gasteiger partial charge in [-0.25, -0.2) is 17.8 Å². The SMILES string of the molecule is CCc1cccc2sc(NC(=O)C3CCN(S(=O)(=O)c4ccccc4F)CC3)nc12. The fourth-order valence-corrected chi connectivity index (χ4v) is 6.15. The van der Waals surface area contributed by atoms with Gasteiger partial charge >= 0.3 is 0 Å². The second-order valence-corrected chi connectivity index (χ2v) is 10.2. The van der Waals surface area contributed by atoms with E-state index in [1.54, 1.807) is 0 Å². The number of nitrogens with zero attached hydrogens (tertiary/aromatic N) is 2. The smallest absolute Gasteiger partial charge is 0.245 e. The maximum Gasteiger partial charge on any atom is 0.245 e. The molecule has 2 heterocycles. The summed E-state index contributed by atoms with van der Waals surface area (Å²) < 4.78 is 41.7. The molecule has 0 spiro atoms. The quantitative estimate of drug-likeness (QED) is 0.640. The van der Waals surface area contributed by atoms with E-state index in [4.69, 9.17) is 0 Å². The minimum Gasteiger partial charge on any atom is -0.302 e. The lowest BCUT2D eigenvalue weighted by Gasteiger charge is -2.30. The molecule has 0 bridgehead atoms. The average Bonchev–Trinajstić information content (AvgIpc) is 3.16. The van der Waals surface area contributed by atoms with Crippen LogP contribution in [0.2, 0.25) is 0 Å². The van der Waals surface area contributed by atoms with Crippen LogP contribution in [0.25, 0.3) is 10.2 Å². The molecule has 3 aromatic rings. The first-order valence-corrected chi connectivity index (χ1v) is 12.1. The predicted octanol–water partition coefficient (Wildman–Crippen LogP) is 4.04. The number of para-hydroxylation sites is 1. The van der Waals surface area contributed by atoms with Gasteiger partial charge < -0.3 is 5.32 Å². The van der Waals surface area contributed by atoms with Gasteiger partial charge in [-0.05, 0) is 43.0 Å². The molecule has 1 amide bonds. The summed E-state index contributed by atoms with van der Waals surface area (Å²) in [5.74, 6) is -1.23. The Morgan fingerprint density at radius 1 is 1.20 bits per heavy atom. The summed E-state index contributed by atoms with van der Waals surface area (Å²) in [5.41, 5.74) is 2.04. The van der Waals surface area contributed by atoms with Crippen LogP contribution in [0.4, 0.5) is 9.52 Å². The van der Waals surface area contributed by atoms with E-state index >= 15 is 0 Å². The van der Waals surface area contributed by atoms with Crippen LogP contribution in [-0.2, 0) is 21.2 Å². The number of fused-ring (bicyclic) bond motifs is 1. The molecule has 0 aliphatic carbocycles. The van der Waals surface area contributed by atoms with E-state index in [1.807, 2.05) is 18.2 Å². The molecule has 1 aliphatic rings. The summed E-state index contributed by atoms with van der Waals surface area (Å²) in [4.78, 5) is 16.9. The number of nitrogens with one attached hydrogen (secondary N) is 1. The van der Waals surface area contributed by atoms with Crippen molar-refractivity contribution in [3.63, 3.8) is 0 Å². The van der Waals surface area contributed by atoms with Crippen LogP contribution in [0, 0.1) is 11.7 Å². The number of anilines is 1. The number of hydrogen-bond acceptors (Lipinski definition) is 5. The predicted molar refractivity (Wildman–Crippen MR) is 116 cm³/mol. The molecule has 1 aliphatic heterocycles. The van der Waals surface area contributed by atoms with Gasteiger partial charge in [-0.2, -0.15) is 4.31 Å². The molecule has 0 unspecified atom stereocenters. The standard InChI is InChI=1S/C21H22FN3O3S2/c1-2-14-6-5-8-17-19(14)23-21(29-17)24-20(26)15-10-12-25(13-11-15)30(27,28)18-9-4-3-7-16(18)22/h3-9,15H,2,10-13H2,1H3,(H,23,24,26). The molecule has 1 fully saturated rings. The second kappa shape index (κ2) is 8.41. The van der Waals surface area contributed by atoms with Gasteiger partial charge in [-0.1, -0.05) is 42.5 Å². The number of hydrogen-bond donors (Lipinski definition) is 1. The molecule has 0 radical (unpaired) electrons. The highest BCUT2D eigenvalue weighted by molar-refractivity contribution is 7.89. The highest BCUT2D eigenvalue weighted by Gasteiger charge is 2.33. The van der Waals surface area contributed by atoms with E-state index in [-0.39, 0.29) is 29.8 Å². The van der Waals surface area contributed by atoms with Crippen LogP contribution in [0.1, 0.15) is 25.3 Å². The highest BCUT2D eigenvalue weighted by Crippen LogP contribution is 2.30. The summed E-state index contributed by atoms with van der Waals surface area (Å²) in [5, 5.41) is 3.44. The van der Waals surface area contributed by atoms with E-state index in [0.29, 0.717) is 18.0 Å². The fourth-order valence-electron chi connectivity index (χ4n) is 3.70. The average molecular weight is 448 g/mol. The first-order chi connectivity index (χ1) is 14.4. The van der Waals surface area contributed by atoms with Gasteiger partial charge in [0, 0.05) is 19.0 Å². The number of halogens is 1. The zero-order chi connectivity index (χ0) is 21.3. The van der Waals surface area contributed by atoms with Crippen LogP contribution in [-0.4, -0.2) is 36.7 Å². The maximum atomic E-state index is 14.0. The third-order valence-electron chi connectivity index (χ3n) is 5.39. The summed E-state index contributed by atoms with van der Waals surface area (Å²) in [6, 6.07) is 11.3. The van der Waals surface area contributed by atoms with Crippen molar-refractivity contribution in [2.45, 2.75) is 31.1 Å². The van der Waals surface area contributed by atoms with Gasteiger partial charge in [0.2, 0.25) is 15.9 Å². The zero-order valence-electron chi connectivity index (χ0n) is 16.5. The van der Waals surface area contributed by atoms with Crippen molar-refractivity contribution in [1.82, 2.24) is 9.29 Å². The van der Waals surface area contributed by atoms with Crippen molar-refractivity contribution >= 4 is 42.6 Å². The normalized spacial score (nSPS) is 16.1. The molecule has 0 atom stereocenters. The molecular formula is C21H22FN3O3S2. The van der Waals surface area contributed by atoms with Crippen LogP contribution in [0.15, 0.2) is 47.4 Å². The van der Waals surface area contributed by atoms with Crippen molar-refractivity contribution < 1.29 is 17.6 Å². The van der Waals surface area contributed by atoms with Gasteiger partial charge in [0.1, 0.15) is 10.7 Å². The largest absolute Gasteiger partial charge is 0.302 e. The van der Waals surface area contributed by atoms with Crippen LogP contribution < -0.4 is 5.32 Å². The van der Waals surface area contributed by atoms with E-state index in [0.717, 1.165) is 28.3 Å². The van der Waals surface area contributed by atoms with Gasteiger partial charge in [0.05, 0.1) is 10.2 Å². The number of aromatic nitrogens is 1. The van der Waals surface area contributed by atoms with Gasteiger partial charge in [0.15, 0.2) is 5.13 Å². The number of aryl methyl sites for hydroxylation is 1. The number of rotatable bonds is 5. The number of piperidine rings is 1. The van der Waals surface area contributed by atoms with Crippen molar-refractivity contribution in [1.29, 1.82) is 0 Å². The van der Waals surface area contributed by atoms with Crippen LogP contribution >= 0.6 is 11.3 Å². The summed E-state index contributed by atoms with van der Waals surface area (Å²) >= 11 is 1.43. The molecule has 1 aromatic heterocycles. The minimum atomic E-state index is -3.91. The summed E-state index contributed by atoms with van der Waals surface area (Å²) in [6.45, 7) is 2.42. The Morgan fingerprint density at radius 3 is 2.63 bits per heavy atom. The summed E-state index contributed by atoms with van der Waals surface area (Å²) in [6.07, 6.45) is 1.62. The zero-order valence-corrected chi connectivity index (χ0v) is 18.1. The van der Waals surface area contributed by atoms with Crippen LogP contribution in [0.5, 0.6) is 0 Å². The monoisotopic (exact) mass is 447 g/mol.